The van der Waals surface area contributed by atoms with Crippen molar-refractivity contribution in [1.82, 2.24) is 15.1 Å². The highest BCUT2D eigenvalue weighted by Gasteiger charge is 2.30. The first-order valence-corrected chi connectivity index (χ1v) is 8.65. The number of carbonyl (C=O) groups is 2. The van der Waals surface area contributed by atoms with Gasteiger partial charge in [-0.25, -0.2) is 0 Å². The number of ether oxygens (including phenoxy) is 1. The number of benzene rings is 1. The van der Waals surface area contributed by atoms with E-state index in [4.69, 9.17) is 16.3 Å². The molecule has 1 aromatic rings. The van der Waals surface area contributed by atoms with Crippen LogP contribution in [0.1, 0.15) is 5.56 Å². The number of nitrogens with one attached hydrogen (secondary N) is 1. The van der Waals surface area contributed by atoms with Crippen LogP contribution in [0.15, 0.2) is 24.3 Å². The Balaban J connectivity index is 0.00000225. The van der Waals surface area contributed by atoms with Gasteiger partial charge in [0.05, 0.1) is 13.0 Å². The zero-order valence-electron chi connectivity index (χ0n) is 13.9. The largest absolute Gasteiger partial charge is 0.366 e. The van der Waals surface area contributed by atoms with Gasteiger partial charge in [-0.3, -0.25) is 9.59 Å². The van der Waals surface area contributed by atoms with Crippen LogP contribution in [0.4, 0.5) is 0 Å². The number of amides is 2. The van der Waals surface area contributed by atoms with Crippen molar-refractivity contribution < 1.29 is 14.3 Å². The summed E-state index contributed by atoms with van der Waals surface area (Å²) < 4.78 is 5.51. The van der Waals surface area contributed by atoms with Crippen LogP contribution in [-0.2, 0) is 20.7 Å². The molecule has 3 rings (SSSR count). The molecule has 0 aliphatic carbocycles. The third kappa shape index (κ3) is 5.07. The summed E-state index contributed by atoms with van der Waals surface area (Å²) in [5.74, 6) is 0.0613. The van der Waals surface area contributed by atoms with Crippen LogP contribution >= 0.6 is 24.0 Å². The van der Waals surface area contributed by atoms with Crippen LogP contribution in [0.3, 0.4) is 0 Å². The van der Waals surface area contributed by atoms with E-state index in [9.17, 15) is 9.59 Å². The van der Waals surface area contributed by atoms with Crippen molar-refractivity contribution in [3.63, 3.8) is 0 Å². The lowest BCUT2D eigenvalue weighted by Gasteiger charge is -2.37. The molecule has 2 aliphatic rings. The van der Waals surface area contributed by atoms with Crippen LogP contribution in [0, 0.1) is 0 Å². The maximum atomic E-state index is 12.4. The highest BCUT2D eigenvalue weighted by atomic mass is 35.5. The lowest BCUT2D eigenvalue weighted by atomic mass is 10.1. The quantitative estimate of drug-likeness (QED) is 0.838. The molecule has 2 amide bonds. The van der Waals surface area contributed by atoms with E-state index in [2.05, 4.69) is 5.32 Å². The summed E-state index contributed by atoms with van der Waals surface area (Å²) in [5, 5.41) is 3.78. The Hall–Kier alpha value is -1.34. The van der Waals surface area contributed by atoms with Crippen LogP contribution in [0.25, 0.3) is 0 Å². The molecular weight excluding hydrogens is 365 g/mol. The lowest BCUT2D eigenvalue weighted by molar-refractivity contribution is -0.149. The average molecular weight is 388 g/mol. The fourth-order valence-corrected chi connectivity index (χ4v) is 3.22. The van der Waals surface area contributed by atoms with Crippen LogP contribution in [-0.4, -0.2) is 73.6 Å². The molecule has 8 heteroatoms. The summed E-state index contributed by atoms with van der Waals surface area (Å²) in [7, 11) is 0. The number of hydrogen-bond donors (Lipinski definition) is 1. The number of halogens is 2. The van der Waals surface area contributed by atoms with E-state index < -0.39 is 6.10 Å². The molecule has 1 unspecified atom stereocenters. The van der Waals surface area contributed by atoms with Crippen LogP contribution in [0.2, 0.25) is 5.02 Å². The van der Waals surface area contributed by atoms with Gasteiger partial charge in [0.15, 0.2) is 0 Å². The molecule has 1 aromatic carbocycles. The van der Waals surface area contributed by atoms with Gasteiger partial charge in [0.25, 0.3) is 5.91 Å². The van der Waals surface area contributed by atoms with Crippen molar-refractivity contribution in [3.05, 3.63) is 34.9 Å². The fraction of sp³-hybridized carbons (Fsp3) is 0.529. The summed E-state index contributed by atoms with van der Waals surface area (Å²) >= 11 is 6.11. The number of nitrogens with zero attached hydrogens (tertiary/aromatic N) is 2. The number of morpholine rings is 1. The van der Waals surface area contributed by atoms with E-state index >= 15 is 0 Å². The van der Waals surface area contributed by atoms with Crippen molar-refractivity contribution in [2.75, 3.05) is 45.9 Å². The van der Waals surface area contributed by atoms with E-state index in [1.807, 2.05) is 18.2 Å². The number of piperazine rings is 1. The summed E-state index contributed by atoms with van der Waals surface area (Å²) in [6, 6.07) is 7.39. The first kappa shape index (κ1) is 20.0. The van der Waals surface area contributed by atoms with E-state index in [1.54, 1.807) is 15.9 Å². The first-order chi connectivity index (χ1) is 11.6. The highest BCUT2D eigenvalue weighted by molar-refractivity contribution is 6.31. The van der Waals surface area contributed by atoms with Crippen molar-refractivity contribution >= 4 is 35.8 Å². The molecule has 0 aromatic heterocycles. The molecule has 2 aliphatic heterocycles. The van der Waals surface area contributed by atoms with Gasteiger partial charge in [-0.2, -0.15) is 0 Å². The third-order valence-electron chi connectivity index (χ3n) is 4.45. The van der Waals surface area contributed by atoms with Gasteiger partial charge in [0, 0.05) is 44.3 Å². The van der Waals surface area contributed by atoms with Gasteiger partial charge in [-0.05, 0) is 11.6 Å². The Morgan fingerprint density at radius 1 is 1.16 bits per heavy atom. The Morgan fingerprint density at radius 3 is 2.48 bits per heavy atom. The monoisotopic (exact) mass is 387 g/mol. The number of carbonyl (C=O) groups excluding carboxylic acids is 2. The minimum Gasteiger partial charge on any atom is -0.366 e. The van der Waals surface area contributed by atoms with Crippen molar-refractivity contribution in [3.8, 4) is 0 Å². The molecule has 1 atom stereocenters. The van der Waals surface area contributed by atoms with Gasteiger partial charge >= 0.3 is 0 Å². The smallest absolute Gasteiger partial charge is 0.253 e. The number of rotatable bonds is 3. The maximum absolute atomic E-state index is 12.4. The molecule has 6 nitrogen and oxygen atoms in total. The Kier molecular flexibility index (Phi) is 7.50. The fourth-order valence-electron chi connectivity index (χ4n) is 3.02. The van der Waals surface area contributed by atoms with Gasteiger partial charge in [0.2, 0.25) is 5.91 Å². The van der Waals surface area contributed by atoms with Gasteiger partial charge in [-0.1, -0.05) is 29.8 Å². The molecular formula is C17H23Cl2N3O3. The lowest BCUT2D eigenvalue weighted by Crippen LogP contribution is -2.56. The normalized spacial score (nSPS) is 20.8. The summed E-state index contributed by atoms with van der Waals surface area (Å²) in [6.45, 7) is 4.11. The SMILES string of the molecule is Cl.O=C(Cc1ccccc1Cl)N1CCN(C(=O)C2CNCCO2)CC1. The van der Waals surface area contributed by atoms with E-state index in [0.717, 1.165) is 12.1 Å². The van der Waals surface area contributed by atoms with Crippen molar-refractivity contribution in [1.29, 1.82) is 0 Å². The zero-order valence-corrected chi connectivity index (χ0v) is 15.5. The standard InChI is InChI=1S/C17H22ClN3O3.ClH/c18-14-4-2-1-3-13(14)11-16(22)20-6-8-21(9-7-20)17(23)15-12-19-5-10-24-15;/h1-4,15,19H,5-12H2;1H. The first-order valence-electron chi connectivity index (χ1n) is 8.27. The topological polar surface area (TPSA) is 61.9 Å². The summed E-state index contributed by atoms with van der Waals surface area (Å²) in [4.78, 5) is 28.4. The third-order valence-corrected chi connectivity index (χ3v) is 4.82. The van der Waals surface area contributed by atoms with E-state index in [1.165, 1.54) is 0 Å². The Labute approximate surface area is 158 Å². The molecule has 1 N–H and O–H groups in total. The predicted molar refractivity (Wildman–Crippen MR) is 98.2 cm³/mol. The number of hydrogen-bond acceptors (Lipinski definition) is 4. The molecule has 2 fully saturated rings. The Morgan fingerprint density at radius 2 is 1.84 bits per heavy atom. The minimum atomic E-state index is -0.399. The molecule has 2 saturated heterocycles. The van der Waals surface area contributed by atoms with Gasteiger partial charge in [-0.15, -0.1) is 12.4 Å². The van der Waals surface area contributed by atoms with Crippen LogP contribution in [0.5, 0.6) is 0 Å². The van der Waals surface area contributed by atoms with Gasteiger partial charge < -0.3 is 19.9 Å². The van der Waals surface area contributed by atoms with Gasteiger partial charge in [0.1, 0.15) is 6.10 Å². The highest BCUT2D eigenvalue weighted by Crippen LogP contribution is 2.17. The second-order valence-electron chi connectivity index (χ2n) is 6.04. The second-order valence-corrected chi connectivity index (χ2v) is 6.45. The van der Waals surface area contributed by atoms with E-state index in [-0.39, 0.29) is 24.2 Å². The minimum absolute atomic E-state index is 0. The maximum Gasteiger partial charge on any atom is 0.253 e. The average Bonchev–Trinajstić information content (AvgIpc) is 2.64. The second kappa shape index (κ2) is 9.38. The van der Waals surface area contributed by atoms with Crippen molar-refractivity contribution in [2.24, 2.45) is 0 Å². The molecule has 0 radical (unpaired) electrons. The molecule has 138 valence electrons. The molecule has 25 heavy (non-hydrogen) atoms. The van der Waals surface area contributed by atoms with Crippen LogP contribution < -0.4 is 5.32 Å². The summed E-state index contributed by atoms with van der Waals surface area (Å²) in [6.07, 6.45) is -0.104. The molecule has 0 saturated carbocycles. The molecule has 2 heterocycles. The zero-order chi connectivity index (χ0) is 16.9. The molecule has 0 bridgehead atoms. The Bertz CT molecular complexity index is 601. The predicted octanol–water partition coefficient (Wildman–Crippen LogP) is 0.964. The van der Waals surface area contributed by atoms with E-state index in [0.29, 0.717) is 50.8 Å². The molecule has 0 spiro atoms. The van der Waals surface area contributed by atoms with Crippen molar-refractivity contribution in [2.45, 2.75) is 12.5 Å². The summed E-state index contributed by atoms with van der Waals surface area (Å²) in [5.41, 5.74) is 0.837.